The van der Waals surface area contributed by atoms with Gasteiger partial charge < -0.3 is 14.6 Å². The summed E-state index contributed by atoms with van der Waals surface area (Å²) in [4.78, 5) is 30.3. The van der Waals surface area contributed by atoms with E-state index in [-0.39, 0.29) is 23.6 Å². The zero-order valence-electron chi connectivity index (χ0n) is 12.4. The highest BCUT2D eigenvalue weighted by molar-refractivity contribution is 5.96. The summed E-state index contributed by atoms with van der Waals surface area (Å²) < 4.78 is 5.11. The second kappa shape index (κ2) is 5.63. The first kappa shape index (κ1) is 14.3. The standard InChI is InChI=1S/C14H17N5O3/c1-8-17-10(7-22-8)14(21)19-5-3-4-11(19)12-9(6-16-18-12)13(20)15-2/h6-7,11H,3-5H2,1-2H3,(H,15,20)(H,16,18)/t11-/m0/s1. The molecule has 3 rings (SSSR count). The summed E-state index contributed by atoms with van der Waals surface area (Å²) >= 11 is 0. The highest BCUT2D eigenvalue weighted by Crippen LogP contribution is 2.33. The van der Waals surface area contributed by atoms with Crippen LogP contribution in [-0.2, 0) is 0 Å². The Bertz CT molecular complexity index is 705. The summed E-state index contributed by atoms with van der Waals surface area (Å²) in [5.41, 5.74) is 1.40. The Hall–Kier alpha value is -2.64. The van der Waals surface area contributed by atoms with E-state index in [0.29, 0.717) is 23.7 Å². The molecular weight excluding hydrogens is 286 g/mol. The molecule has 116 valence electrons. The van der Waals surface area contributed by atoms with Gasteiger partial charge in [-0.25, -0.2) is 4.98 Å². The molecule has 1 atom stereocenters. The molecule has 0 spiro atoms. The number of hydrogen-bond acceptors (Lipinski definition) is 5. The van der Waals surface area contributed by atoms with Crippen molar-refractivity contribution in [1.82, 2.24) is 25.4 Å². The van der Waals surface area contributed by atoms with E-state index in [0.717, 1.165) is 12.8 Å². The topological polar surface area (TPSA) is 104 Å². The van der Waals surface area contributed by atoms with Crippen LogP contribution in [0.25, 0.3) is 0 Å². The number of hydrogen-bond donors (Lipinski definition) is 2. The third-order valence-electron chi connectivity index (χ3n) is 3.83. The molecule has 1 saturated heterocycles. The SMILES string of the molecule is CNC(=O)c1cn[nH]c1[C@@H]1CCCN1C(=O)c1coc(C)n1. The van der Waals surface area contributed by atoms with Crippen molar-refractivity contribution < 1.29 is 14.0 Å². The van der Waals surface area contributed by atoms with Crippen LogP contribution in [0.3, 0.4) is 0 Å². The zero-order valence-corrected chi connectivity index (χ0v) is 12.4. The minimum Gasteiger partial charge on any atom is -0.448 e. The Morgan fingerprint density at radius 3 is 3.00 bits per heavy atom. The van der Waals surface area contributed by atoms with E-state index >= 15 is 0 Å². The first-order valence-electron chi connectivity index (χ1n) is 7.10. The molecule has 2 amide bonds. The molecule has 0 radical (unpaired) electrons. The fraction of sp³-hybridized carbons (Fsp3) is 0.429. The van der Waals surface area contributed by atoms with Gasteiger partial charge in [0.1, 0.15) is 6.26 Å². The molecule has 1 fully saturated rings. The number of H-pyrrole nitrogens is 1. The van der Waals surface area contributed by atoms with Gasteiger partial charge in [-0.1, -0.05) is 0 Å². The van der Waals surface area contributed by atoms with Crippen molar-refractivity contribution in [3.05, 3.63) is 35.3 Å². The summed E-state index contributed by atoms with van der Waals surface area (Å²) in [6.07, 6.45) is 4.48. The van der Waals surface area contributed by atoms with Crippen molar-refractivity contribution in [1.29, 1.82) is 0 Å². The summed E-state index contributed by atoms with van der Waals surface area (Å²) in [7, 11) is 1.56. The summed E-state index contributed by atoms with van der Waals surface area (Å²) in [5.74, 6) is 0.0313. The molecule has 0 unspecified atom stereocenters. The van der Waals surface area contributed by atoms with E-state index in [4.69, 9.17) is 4.42 Å². The molecule has 3 heterocycles. The van der Waals surface area contributed by atoms with Crippen molar-refractivity contribution in [2.24, 2.45) is 0 Å². The van der Waals surface area contributed by atoms with E-state index in [1.807, 2.05) is 0 Å². The molecule has 2 aromatic heterocycles. The number of carbonyl (C=O) groups excluding carboxylic acids is 2. The number of nitrogens with one attached hydrogen (secondary N) is 2. The Morgan fingerprint density at radius 2 is 2.32 bits per heavy atom. The van der Waals surface area contributed by atoms with Gasteiger partial charge in [-0.2, -0.15) is 5.10 Å². The molecule has 0 saturated carbocycles. The smallest absolute Gasteiger partial charge is 0.276 e. The number of nitrogens with zero attached hydrogens (tertiary/aromatic N) is 3. The van der Waals surface area contributed by atoms with Crippen molar-refractivity contribution in [2.75, 3.05) is 13.6 Å². The van der Waals surface area contributed by atoms with Gasteiger partial charge in [0, 0.05) is 20.5 Å². The van der Waals surface area contributed by atoms with Gasteiger partial charge in [0.05, 0.1) is 23.5 Å². The number of carbonyl (C=O) groups is 2. The first-order chi connectivity index (χ1) is 10.6. The van der Waals surface area contributed by atoms with Crippen LogP contribution < -0.4 is 5.32 Å². The molecule has 0 bridgehead atoms. The summed E-state index contributed by atoms with van der Waals surface area (Å²) in [6.45, 7) is 2.30. The Balaban J connectivity index is 1.89. The average molecular weight is 303 g/mol. The Morgan fingerprint density at radius 1 is 1.50 bits per heavy atom. The third-order valence-corrected chi connectivity index (χ3v) is 3.83. The molecule has 8 nitrogen and oxygen atoms in total. The van der Waals surface area contributed by atoms with Crippen LogP contribution in [0.15, 0.2) is 16.9 Å². The van der Waals surface area contributed by atoms with Gasteiger partial charge in [0.2, 0.25) is 0 Å². The quantitative estimate of drug-likeness (QED) is 0.881. The molecule has 22 heavy (non-hydrogen) atoms. The van der Waals surface area contributed by atoms with E-state index in [1.54, 1.807) is 18.9 Å². The van der Waals surface area contributed by atoms with Gasteiger partial charge in [-0.15, -0.1) is 0 Å². The molecule has 2 aromatic rings. The van der Waals surface area contributed by atoms with Crippen LogP contribution in [0, 0.1) is 6.92 Å². The Labute approximate surface area is 126 Å². The minimum absolute atomic E-state index is 0.197. The second-order valence-electron chi connectivity index (χ2n) is 5.18. The molecule has 0 aromatic carbocycles. The van der Waals surface area contributed by atoms with Gasteiger partial charge in [0.25, 0.3) is 11.8 Å². The van der Waals surface area contributed by atoms with Crippen molar-refractivity contribution >= 4 is 11.8 Å². The molecule has 1 aliphatic heterocycles. The van der Waals surface area contributed by atoms with Crippen LogP contribution >= 0.6 is 0 Å². The van der Waals surface area contributed by atoms with Gasteiger partial charge >= 0.3 is 0 Å². The maximum absolute atomic E-state index is 12.6. The highest BCUT2D eigenvalue weighted by Gasteiger charge is 2.35. The molecule has 1 aliphatic rings. The number of aromatic amines is 1. The normalized spacial score (nSPS) is 17.7. The first-order valence-corrected chi connectivity index (χ1v) is 7.10. The largest absolute Gasteiger partial charge is 0.448 e. The fourth-order valence-electron chi connectivity index (χ4n) is 2.78. The minimum atomic E-state index is -0.222. The highest BCUT2D eigenvalue weighted by atomic mass is 16.3. The van der Waals surface area contributed by atoms with Crippen LogP contribution in [0.2, 0.25) is 0 Å². The lowest BCUT2D eigenvalue weighted by Gasteiger charge is -2.23. The maximum Gasteiger partial charge on any atom is 0.276 e. The molecule has 2 N–H and O–H groups in total. The van der Waals surface area contributed by atoms with Crippen LogP contribution in [0.5, 0.6) is 0 Å². The summed E-state index contributed by atoms with van der Waals surface area (Å²) in [6, 6.07) is -0.209. The molecule has 0 aliphatic carbocycles. The second-order valence-corrected chi connectivity index (χ2v) is 5.18. The number of aromatic nitrogens is 3. The predicted octanol–water partition coefficient (Wildman–Crippen LogP) is 1.04. The van der Waals surface area contributed by atoms with Gasteiger partial charge in [-0.05, 0) is 12.8 Å². The van der Waals surface area contributed by atoms with Gasteiger partial charge in [-0.3, -0.25) is 14.7 Å². The lowest BCUT2D eigenvalue weighted by Crippen LogP contribution is -2.32. The monoisotopic (exact) mass is 303 g/mol. The van der Waals surface area contributed by atoms with E-state index < -0.39 is 0 Å². The number of likely N-dealkylation sites (tertiary alicyclic amines) is 1. The van der Waals surface area contributed by atoms with E-state index in [2.05, 4.69) is 20.5 Å². The van der Waals surface area contributed by atoms with Crippen molar-refractivity contribution in [3.63, 3.8) is 0 Å². The number of amides is 2. The Kier molecular flexibility index (Phi) is 3.66. The number of rotatable bonds is 3. The fourth-order valence-corrected chi connectivity index (χ4v) is 2.78. The molecular formula is C14H17N5O3. The van der Waals surface area contributed by atoms with E-state index in [9.17, 15) is 9.59 Å². The van der Waals surface area contributed by atoms with E-state index in [1.165, 1.54) is 12.5 Å². The van der Waals surface area contributed by atoms with Crippen molar-refractivity contribution in [3.8, 4) is 0 Å². The molecule has 8 heteroatoms. The number of oxazole rings is 1. The van der Waals surface area contributed by atoms with Crippen molar-refractivity contribution in [2.45, 2.75) is 25.8 Å². The zero-order chi connectivity index (χ0) is 15.7. The van der Waals surface area contributed by atoms with Gasteiger partial charge in [0.15, 0.2) is 11.6 Å². The maximum atomic E-state index is 12.6. The number of aryl methyl sites for hydroxylation is 1. The third kappa shape index (κ3) is 2.36. The predicted molar refractivity (Wildman–Crippen MR) is 76.2 cm³/mol. The lowest BCUT2D eigenvalue weighted by molar-refractivity contribution is 0.0723. The van der Waals surface area contributed by atoms with Crippen LogP contribution in [0.1, 0.15) is 51.3 Å². The van der Waals surface area contributed by atoms with Crippen LogP contribution in [-0.4, -0.2) is 45.5 Å². The average Bonchev–Trinajstić information content (AvgIpc) is 3.24. The summed E-state index contributed by atoms with van der Waals surface area (Å²) in [5, 5.41) is 9.38. The lowest BCUT2D eigenvalue weighted by atomic mass is 10.1. The van der Waals surface area contributed by atoms with Crippen LogP contribution in [0.4, 0.5) is 0 Å².